The van der Waals surface area contributed by atoms with E-state index in [2.05, 4.69) is 28.3 Å². The lowest BCUT2D eigenvalue weighted by Gasteiger charge is -2.25. The summed E-state index contributed by atoms with van der Waals surface area (Å²) in [5.74, 6) is 0. The molecule has 17 heavy (non-hydrogen) atoms. The highest BCUT2D eigenvalue weighted by Gasteiger charge is 2.37. The van der Waals surface area contributed by atoms with Crippen molar-refractivity contribution in [2.24, 2.45) is 7.05 Å². The van der Waals surface area contributed by atoms with Gasteiger partial charge in [-0.25, -0.2) is 0 Å². The predicted octanol–water partition coefficient (Wildman–Crippen LogP) is 1.31. The molecular formula is C13H22N4. The maximum Gasteiger partial charge on any atom is 0.0547 e. The number of rotatable bonds is 3. The molecule has 4 nitrogen and oxygen atoms in total. The van der Waals surface area contributed by atoms with Crippen LogP contribution in [0.1, 0.15) is 37.9 Å². The maximum atomic E-state index is 4.24. The molecule has 0 bridgehead atoms. The molecule has 2 aliphatic rings. The van der Waals surface area contributed by atoms with Crippen LogP contribution in [0.2, 0.25) is 0 Å². The number of hydrogen-bond acceptors (Lipinski definition) is 3. The summed E-state index contributed by atoms with van der Waals surface area (Å²) in [5, 5.41) is 8.04. The van der Waals surface area contributed by atoms with E-state index in [1.807, 2.05) is 17.9 Å². The zero-order valence-electron chi connectivity index (χ0n) is 10.8. The summed E-state index contributed by atoms with van der Waals surface area (Å²) < 4.78 is 1.97. The summed E-state index contributed by atoms with van der Waals surface area (Å²) in [5.41, 5.74) is 1.28. The van der Waals surface area contributed by atoms with E-state index in [4.69, 9.17) is 0 Å². The van der Waals surface area contributed by atoms with Gasteiger partial charge < -0.3 is 5.32 Å². The molecule has 1 aromatic heterocycles. The van der Waals surface area contributed by atoms with Gasteiger partial charge in [0.15, 0.2) is 0 Å². The summed E-state index contributed by atoms with van der Waals surface area (Å²) in [4.78, 5) is 2.65. The third-order valence-corrected chi connectivity index (χ3v) is 4.37. The average Bonchev–Trinajstić information content (AvgIpc) is 2.96. The molecule has 94 valence electrons. The minimum atomic E-state index is 0.396. The molecule has 2 saturated heterocycles. The molecule has 0 saturated carbocycles. The van der Waals surface area contributed by atoms with Gasteiger partial charge in [-0.2, -0.15) is 5.10 Å². The van der Waals surface area contributed by atoms with Gasteiger partial charge >= 0.3 is 0 Å². The largest absolute Gasteiger partial charge is 0.304 e. The van der Waals surface area contributed by atoms with Gasteiger partial charge in [0.25, 0.3) is 0 Å². The number of fused-ring (bicyclic) bond motifs is 1. The molecule has 0 spiro atoms. The zero-order valence-corrected chi connectivity index (χ0v) is 10.8. The van der Waals surface area contributed by atoms with Gasteiger partial charge in [-0.05, 0) is 38.8 Å². The summed E-state index contributed by atoms with van der Waals surface area (Å²) in [6.07, 6.45) is 5.93. The normalized spacial score (nSPS) is 30.7. The predicted molar refractivity (Wildman–Crippen MR) is 67.8 cm³/mol. The molecule has 4 heteroatoms. The monoisotopic (exact) mass is 234 g/mol. The van der Waals surface area contributed by atoms with E-state index in [-0.39, 0.29) is 0 Å². The molecule has 0 radical (unpaired) electrons. The van der Waals surface area contributed by atoms with Crippen molar-refractivity contribution in [1.82, 2.24) is 20.0 Å². The van der Waals surface area contributed by atoms with Gasteiger partial charge in [0.2, 0.25) is 0 Å². The third kappa shape index (κ3) is 2.00. The van der Waals surface area contributed by atoms with Crippen LogP contribution in [-0.4, -0.2) is 39.9 Å². The molecule has 0 aromatic carbocycles. The van der Waals surface area contributed by atoms with Gasteiger partial charge in [0.05, 0.1) is 5.69 Å². The lowest BCUT2D eigenvalue weighted by Crippen LogP contribution is -2.40. The first kappa shape index (κ1) is 11.2. The SMILES string of the molecule is CC(NC1CCN2CCCC12)c1ccnn1C. The van der Waals surface area contributed by atoms with Crippen LogP contribution in [-0.2, 0) is 7.05 Å². The lowest BCUT2D eigenvalue weighted by molar-refractivity contribution is 0.289. The second kappa shape index (κ2) is 4.42. The molecule has 2 aliphatic heterocycles. The van der Waals surface area contributed by atoms with Gasteiger partial charge in [0.1, 0.15) is 0 Å². The molecule has 1 N–H and O–H groups in total. The van der Waals surface area contributed by atoms with Crippen LogP contribution in [0.15, 0.2) is 12.3 Å². The van der Waals surface area contributed by atoms with E-state index in [1.165, 1.54) is 38.0 Å². The average molecular weight is 234 g/mol. The lowest BCUT2D eigenvalue weighted by atomic mass is 10.0. The fourth-order valence-electron chi connectivity index (χ4n) is 3.49. The number of aromatic nitrogens is 2. The van der Waals surface area contributed by atoms with Crippen molar-refractivity contribution in [3.05, 3.63) is 18.0 Å². The van der Waals surface area contributed by atoms with E-state index in [9.17, 15) is 0 Å². The number of nitrogens with one attached hydrogen (secondary N) is 1. The smallest absolute Gasteiger partial charge is 0.0547 e. The summed E-state index contributed by atoms with van der Waals surface area (Å²) in [7, 11) is 2.02. The maximum absolute atomic E-state index is 4.24. The van der Waals surface area contributed by atoms with Crippen LogP contribution in [0.3, 0.4) is 0 Å². The fourth-order valence-corrected chi connectivity index (χ4v) is 3.49. The Labute approximate surface area is 103 Å². The Hall–Kier alpha value is -0.870. The van der Waals surface area contributed by atoms with E-state index >= 15 is 0 Å². The van der Waals surface area contributed by atoms with E-state index in [1.54, 1.807) is 0 Å². The van der Waals surface area contributed by atoms with Crippen LogP contribution in [0.5, 0.6) is 0 Å². The third-order valence-electron chi connectivity index (χ3n) is 4.37. The number of aryl methyl sites for hydroxylation is 1. The first-order chi connectivity index (χ1) is 8.25. The molecule has 0 aliphatic carbocycles. The Morgan fingerprint density at radius 2 is 2.29 bits per heavy atom. The van der Waals surface area contributed by atoms with Crippen LogP contribution in [0.25, 0.3) is 0 Å². The minimum Gasteiger partial charge on any atom is -0.304 e. The molecular weight excluding hydrogens is 212 g/mol. The van der Waals surface area contributed by atoms with E-state index < -0.39 is 0 Å². The molecule has 0 amide bonds. The van der Waals surface area contributed by atoms with Crippen molar-refractivity contribution in [3.8, 4) is 0 Å². The molecule has 3 atom stereocenters. The molecule has 3 unspecified atom stereocenters. The first-order valence-corrected chi connectivity index (χ1v) is 6.73. The fraction of sp³-hybridized carbons (Fsp3) is 0.769. The Bertz CT molecular complexity index is 387. The second-order valence-electron chi connectivity index (χ2n) is 5.41. The van der Waals surface area contributed by atoms with Crippen molar-refractivity contribution < 1.29 is 0 Å². The van der Waals surface area contributed by atoms with Crippen LogP contribution < -0.4 is 5.32 Å². The molecule has 3 heterocycles. The Balaban J connectivity index is 1.65. The molecule has 3 rings (SSSR count). The van der Waals surface area contributed by atoms with Crippen molar-refractivity contribution in [2.75, 3.05) is 13.1 Å². The highest BCUT2D eigenvalue weighted by atomic mass is 15.3. The number of nitrogens with zero attached hydrogens (tertiary/aromatic N) is 3. The Morgan fingerprint density at radius 3 is 3.06 bits per heavy atom. The van der Waals surface area contributed by atoms with Crippen LogP contribution >= 0.6 is 0 Å². The Morgan fingerprint density at radius 1 is 1.41 bits per heavy atom. The van der Waals surface area contributed by atoms with Crippen molar-refractivity contribution in [2.45, 2.75) is 44.3 Å². The highest BCUT2D eigenvalue weighted by Crippen LogP contribution is 2.29. The van der Waals surface area contributed by atoms with Crippen molar-refractivity contribution >= 4 is 0 Å². The quantitative estimate of drug-likeness (QED) is 0.856. The van der Waals surface area contributed by atoms with Gasteiger partial charge in [0, 0.05) is 37.9 Å². The number of hydrogen-bond donors (Lipinski definition) is 1. The Kier molecular flexibility index (Phi) is 2.92. The zero-order chi connectivity index (χ0) is 11.8. The minimum absolute atomic E-state index is 0.396. The summed E-state index contributed by atoms with van der Waals surface area (Å²) in [6.45, 7) is 4.83. The first-order valence-electron chi connectivity index (χ1n) is 6.73. The van der Waals surface area contributed by atoms with Crippen LogP contribution in [0, 0.1) is 0 Å². The van der Waals surface area contributed by atoms with Gasteiger partial charge in [-0.3, -0.25) is 9.58 Å². The summed E-state index contributed by atoms with van der Waals surface area (Å²) in [6, 6.07) is 3.96. The van der Waals surface area contributed by atoms with Gasteiger partial charge in [-0.1, -0.05) is 0 Å². The van der Waals surface area contributed by atoms with Crippen molar-refractivity contribution in [1.29, 1.82) is 0 Å². The highest BCUT2D eigenvalue weighted by molar-refractivity contribution is 5.07. The van der Waals surface area contributed by atoms with Crippen LogP contribution in [0.4, 0.5) is 0 Å². The van der Waals surface area contributed by atoms with Crippen molar-refractivity contribution in [3.63, 3.8) is 0 Å². The second-order valence-corrected chi connectivity index (χ2v) is 5.41. The van der Waals surface area contributed by atoms with E-state index in [0.717, 1.165) is 6.04 Å². The summed E-state index contributed by atoms with van der Waals surface area (Å²) >= 11 is 0. The molecule has 1 aromatic rings. The topological polar surface area (TPSA) is 33.1 Å². The molecule has 2 fully saturated rings. The van der Waals surface area contributed by atoms with Gasteiger partial charge in [-0.15, -0.1) is 0 Å². The standard InChI is InChI=1S/C13H22N4/c1-10(12-5-7-14-16(12)2)15-11-6-9-17-8-3-4-13(11)17/h5,7,10-11,13,15H,3-4,6,8-9H2,1-2H3. The van der Waals surface area contributed by atoms with E-state index in [0.29, 0.717) is 12.1 Å².